The number of aliphatic carboxylic acids is 2. The number of para-hydroxylation sites is 1. The van der Waals surface area contributed by atoms with Gasteiger partial charge in [-0.05, 0) is 62.9 Å². The van der Waals surface area contributed by atoms with Crippen molar-refractivity contribution in [3.63, 3.8) is 0 Å². The Morgan fingerprint density at radius 1 is 0.966 bits per heavy atom. The molecule has 2 aliphatic rings. The number of hydrogen-bond acceptors (Lipinski definition) is 4. The predicted molar refractivity (Wildman–Crippen MR) is 110 cm³/mol. The van der Waals surface area contributed by atoms with Crippen molar-refractivity contribution >= 4 is 17.5 Å². The van der Waals surface area contributed by atoms with Crippen LogP contribution in [0.5, 0.6) is 0 Å². The minimum Gasteiger partial charge on any atom is -0.473 e. The van der Waals surface area contributed by atoms with Gasteiger partial charge in [0.1, 0.15) is 0 Å². The fourth-order valence-electron chi connectivity index (χ4n) is 3.85. The van der Waals surface area contributed by atoms with Gasteiger partial charge in [-0.2, -0.15) is 5.10 Å². The van der Waals surface area contributed by atoms with E-state index in [0.29, 0.717) is 0 Å². The van der Waals surface area contributed by atoms with Gasteiger partial charge in [0.15, 0.2) is 0 Å². The summed E-state index contributed by atoms with van der Waals surface area (Å²) in [6.45, 7) is 3.63. The van der Waals surface area contributed by atoms with Crippen LogP contribution in [-0.2, 0) is 16.0 Å². The Balaban J connectivity index is 0.000000353. The zero-order valence-electron chi connectivity index (χ0n) is 16.5. The van der Waals surface area contributed by atoms with E-state index in [-0.39, 0.29) is 0 Å². The first-order valence-electron chi connectivity index (χ1n) is 10.1. The highest BCUT2D eigenvalue weighted by Gasteiger charge is 2.20. The number of hydrogen-bond donors (Lipinski definition) is 2. The molecule has 2 aromatic rings. The molecule has 7 heteroatoms. The number of carboxylic acid groups (broad SMARTS) is 2. The van der Waals surface area contributed by atoms with Crippen molar-refractivity contribution in [3.05, 3.63) is 53.9 Å². The van der Waals surface area contributed by atoms with E-state index in [0.717, 1.165) is 13.0 Å². The quantitative estimate of drug-likeness (QED) is 0.772. The molecule has 1 aromatic carbocycles. The molecule has 0 unspecified atom stereocenters. The first-order valence-corrected chi connectivity index (χ1v) is 10.1. The standard InChI is InChI=1S/C20H25N3.C2H2O4/c1-3-9-18(10-4-1)23-20-11-7-8-17(19(20)16-21-23)12-15-22-13-5-2-6-14-22;3-1(4)2(5)6/h1,3-4,9-10,12,16H,2,5-8,11,13-15H2;(H,3,4)(H,5,6)/b17-12+;. The molecule has 4 rings (SSSR count). The summed E-state index contributed by atoms with van der Waals surface area (Å²) in [7, 11) is 0. The summed E-state index contributed by atoms with van der Waals surface area (Å²) in [4.78, 5) is 20.8. The van der Waals surface area contributed by atoms with Crippen molar-refractivity contribution in [2.75, 3.05) is 19.6 Å². The van der Waals surface area contributed by atoms with Crippen molar-refractivity contribution in [2.45, 2.75) is 38.5 Å². The molecule has 0 atom stereocenters. The van der Waals surface area contributed by atoms with Crippen molar-refractivity contribution in [3.8, 4) is 5.69 Å². The highest BCUT2D eigenvalue weighted by atomic mass is 16.4. The molecular formula is C22H27N3O4. The number of fused-ring (bicyclic) bond motifs is 1. The molecule has 154 valence electrons. The molecule has 0 radical (unpaired) electrons. The third-order valence-electron chi connectivity index (χ3n) is 5.30. The zero-order valence-corrected chi connectivity index (χ0v) is 16.5. The SMILES string of the molecule is C(/CN1CCCCC1)=C1/CCCc2c1cnn2-c1ccccc1.O=C(O)C(=O)O. The fourth-order valence-corrected chi connectivity index (χ4v) is 3.85. The van der Waals surface area contributed by atoms with Gasteiger partial charge in [-0.1, -0.05) is 30.7 Å². The number of rotatable bonds is 3. The minimum absolute atomic E-state index is 1.10. The van der Waals surface area contributed by atoms with Gasteiger partial charge in [0, 0.05) is 12.1 Å². The van der Waals surface area contributed by atoms with Gasteiger partial charge >= 0.3 is 11.9 Å². The first kappa shape index (κ1) is 20.8. The monoisotopic (exact) mass is 397 g/mol. The summed E-state index contributed by atoms with van der Waals surface area (Å²) >= 11 is 0. The van der Waals surface area contributed by atoms with Gasteiger partial charge in [-0.15, -0.1) is 0 Å². The van der Waals surface area contributed by atoms with Crippen LogP contribution in [0, 0.1) is 0 Å². The molecule has 1 fully saturated rings. The molecule has 2 N–H and O–H groups in total. The second-order valence-corrected chi connectivity index (χ2v) is 7.31. The maximum atomic E-state index is 9.10. The van der Waals surface area contributed by atoms with Crippen molar-refractivity contribution < 1.29 is 19.8 Å². The van der Waals surface area contributed by atoms with E-state index in [4.69, 9.17) is 19.8 Å². The Morgan fingerprint density at radius 2 is 1.66 bits per heavy atom. The maximum absolute atomic E-state index is 9.10. The number of likely N-dealkylation sites (tertiary alicyclic amines) is 1. The Bertz CT molecular complexity index is 855. The Labute approximate surface area is 170 Å². The number of carbonyl (C=O) groups is 2. The molecule has 0 amide bonds. The summed E-state index contributed by atoms with van der Waals surface area (Å²) < 4.78 is 2.13. The molecule has 1 aromatic heterocycles. The zero-order chi connectivity index (χ0) is 20.6. The van der Waals surface area contributed by atoms with Crippen LogP contribution < -0.4 is 0 Å². The smallest absolute Gasteiger partial charge is 0.414 e. The molecule has 1 saturated heterocycles. The number of aromatic nitrogens is 2. The number of carboxylic acids is 2. The summed E-state index contributed by atoms with van der Waals surface area (Å²) in [6.07, 6.45) is 12.2. The molecule has 29 heavy (non-hydrogen) atoms. The Hall–Kier alpha value is -2.93. The number of benzene rings is 1. The van der Waals surface area contributed by atoms with E-state index < -0.39 is 11.9 Å². The van der Waals surface area contributed by atoms with Gasteiger partial charge < -0.3 is 10.2 Å². The molecule has 1 aliphatic heterocycles. The summed E-state index contributed by atoms with van der Waals surface area (Å²) in [5, 5.41) is 19.5. The molecule has 2 heterocycles. The minimum atomic E-state index is -1.82. The van der Waals surface area contributed by atoms with Gasteiger partial charge in [0.25, 0.3) is 0 Å². The molecular weight excluding hydrogens is 370 g/mol. The van der Waals surface area contributed by atoms with Crippen molar-refractivity contribution in [1.29, 1.82) is 0 Å². The fraction of sp³-hybridized carbons (Fsp3) is 0.409. The lowest BCUT2D eigenvalue weighted by Gasteiger charge is -2.26. The topological polar surface area (TPSA) is 95.7 Å². The highest BCUT2D eigenvalue weighted by molar-refractivity contribution is 6.27. The first-order chi connectivity index (χ1) is 14.1. The van der Waals surface area contributed by atoms with E-state index in [1.54, 1.807) is 0 Å². The van der Waals surface area contributed by atoms with E-state index >= 15 is 0 Å². The third-order valence-corrected chi connectivity index (χ3v) is 5.30. The lowest BCUT2D eigenvalue weighted by atomic mass is 9.92. The summed E-state index contributed by atoms with van der Waals surface area (Å²) in [5.74, 6) is -3.65. The number of nitrogens with zero attached hydrogens (tertiary/aromatic N) is 3. The molecule has 0 saturated carbocycles. The Morgan fingerprint density at radius 3 is 2.31 bits per heavy atom. The van der Waals surface area contributed by atoms with Crippen LogP contribution in [0.15, 0.2) is 42.6 Å². The molecule has 0 bridgehead atoms. The highest BCUT2D eigenvalue weighted by Crippen LogP contribution is 2.32. The summed E-state index contributed by atoms with van der Waals surface area (Å²) in [5.41, 5.74) is 5.43. The van der Waals surface area contributed by atoms with Gasteiger partial charge in [0.05, 0.1) is 17.6 Å². The predicted octanol–water partition coefficient (Wildman–Crippen LogP) is 3.23. The van der Waals surface area contributed by atoms with Crippen LogP contribution in [0.4, 0.5) is 0 Å². The van der Waals surface area contributed by atoms with E-state index in [1.165, 1.54) is 67.7 Å². The second kappa shape index (κ2) is 10.0. The third kappa shape index (κ3) is 5.54. The van der Waals surface area contributed by atoms with E-state index in [2.05, 4.69) is 57.3 Å². The lowest BCUT2D eigenvalue weighted by Crippen LogP contribution is -2.29. The van der Waals surface area contributed by atoms with Crippen LogP contribution in [0.2, 0.25) is 0 Å². The van der Waals surface area contributed by atoms with Crippen LogP contribution in [0.3, 0.4) is 0 Å². The van der Waals surface area contributed by atoms with Crippen LogP contribution in [0.25, 0.3) is 11.3 Å². The van der Waals surface area contributed by atoms with E-state index in [1.807, 2.05) is 0 Å². The average Bonchev–Trinajstić information content (AvgIpc) is 3.19. The van der Waals surface area contributed by atoms with Crippen molar-refractivity contribution in [1.82, 2.24) is 14.7 Å². The number of allylic oxidation sites excluding steroid dienone is 1. The largest absolute Gasteiger partial charge is 0.473 e. The second-order valence-electron chi connectivity index (χ2n) is 7.31. The van der Waals surface area contributed by atoms with Crippen LogP contribution in [0.1, 0.15) is 43.4 Å². The molecule has 7 nitrogen and oxygen atoms in total. The van der Waals surface area contributed by atoms with Crippen LogP contribution in [-0.4, -0.2) is 56.5 Å². The number of piperidine rings is 1. The van der Waals surface area contributed by atoms with Gasteiger partial charge in [-0.3, -0.25) is 4.90 Å². The molecule has 0 spiro atoms. The lowest BCUT2D eigenvalue weighted by molar-refractivity contribution is -0.159. The maximum Gasteiger partial charge on any atom is 0.414 e. The molecule has 1 aliphatic carbocycles. The average molecular weight is 397 g/mol. The van der Waals surface area contributed by atoms with Gasteiger partial charge in [-0.25, -0.2) is 14.3 Å². The summed E-state index contributed by atoms with van der Waals surface area (Å²) in [6, 6.07) is 10.5. The van der Waals surface area contributed by atoms with E-state index in [9.17, 15) is 0 Å². The normalized spacial score (nSPS) is 17.9. The van der Waals surface area contributed by atoms with Crippen LogP contribution >= 0.6 is 0 Å². The van der Waals surface area contributed by atoms with Crippen molar-refractivity contribution in [2.24, 2.45) is 0 Å². The Kier molecular flexibility index (Phi) is 7.19. The van der Waals surface area contributed by atoms with Gasteiger partial charge in [0.2, 0.25) is 0 Å².